The number of hydrogen-bond donors (Lipinski definition) is 2. The van der Waals surface area contributed by atoms with E-state index in [-0.39, 0.29) is 23.8 Å². The minimum Gasteiger partial charge on any atom is -0.395 e. The largest absolute Gasteiger partial charge is 0.395 e. The van der Waals surface area contributed by atoms with Gasteiger partial charge in [0.1, 0.15) is 0 Å². The van der Waals surface area contributed by atoms with Gasteiger partial charge in [-0.3, -0.25) is 4.79 Å². The number of nitrogens with zero attached hydrogens (tertiary/aromatic N) is 1. The van der Waals surface area contributed by atoms with E-state index >= 15 is 0 Å². The molecule has 0 saturated heterocycles. The first-order valence-corrected chi connectivity index (χ1v) is 6.67. The molecule has 1 saturated carbocycles. The minimum atomic E-state index is 0.112. The van der Waals surface area contributed by atoms with Crippen LogP contribution in [0.15, 0.2) is 24.3 Å². The summed E-state index contributed by atoms with van der Waals surface area (Å²) < 4.78 is 0. The van der Waals surface area contributed by atoms with E-state index in [2.05, 4.69) is 19.2 Å². The Morgan fingerprint density at radius 1 is 1.42 bits per heavy atom. The quantitative estimate of drug-likeness (QED) is 0.854. The Balaban J connectivity index is 1.94. The standard InChI is InChI=1S/C15H22N2O2/c1-15(2)10-13(15)14(19)16-11-4-6-12(7-5-11)17(3)8-9-18/h4-7,13,18H,8-10H2,1-3H3,(H,16,19)/t13-/m1/s1. The van der Waals surface area contributed by atoms with Gasteiger partial charge in [0, 0.05) is 30.9 Å². The monoisotopic (exact) mass is 262 g/mol. The number of nitrogens with one attached hydrogen (secondary N) is 1. The number of benzene rings is 1. The first-order valence-electron chi connectivity index (χ1n) is 6.67. The molecule has 0 aliphatic heterocycles. The third-order valence-electron chi connectivity index (χ3n) is 3.84. The Morgan fingerprint density at radius 3 is 2.47 bits per heavy atom. The van der Waals surface area contributed by atoms with Crippen LogP contribution in [-0.4, -0.2) is 31.2 Å². The van der Waals surface area contributed by atoms with Crippen molar-refractivity contribution in [1.82, 2.24) is 0 Å². The average molecular weight is 262 g/mol. The molecule has 0 radical (unpaired) electrons. The van der Waals surface area contributed by atoms with E-state index in [1.54, 1.807) is 0 Å². The van der Waals surface area contributed by atoms with E-state index in [9.17, 15) is 4.79 Å². The molecule has 1 aromatic carbocycles. The molecule has 4 heteroatoms. The summed E-state index contributed by atoms with van der Waals surface area (Å²) in [5.41, 5.74) is 2.01. The highest BCUT2D eigenvalue weighted by molar-refractivity contribution is 5.95. The summed E-state index contributed by atoms with van der Waals surface area (Å²) in [6.45, 7) is 4.96. The van der Waals surface area contributed by atoms with Gasteiger partial charge in [-0.2, -0.15) is 0 Å². The van der Waals surface area contributed by atoms with Gasteiger partial charge in [0.15, 0.2) is 0 Å². The number of likely N-dealkylation sites (N-methyl/N-ethyl adjacent to an activating group) is 1. The Hall–Kier alpha value is -1.55. The van der Waals surface area contributed by atoms with Crippen molar-refractivity contribution in [2.24, 2.45) is 11.3 Å². The van der Waals surface area contributed by atoms with Crippen LogP contribution in [0.25, 0.3) is 0 Å². The lowest BCUT2D eigenvalue weighted by molar-refractivity contribution is -0.118. The van der Waals surface area contributed by atoms with Crippen LogP contribution in [0.3, 0.4) is 0 Å². The summed E-state index contributed by atoms with van der Waals surface area (Å²) in [7, 11) is 1.93. The van der Waals surface area contributed by atoms with Crippen LogP contribution in [0.1, 0.15) is 20.3 Å². The molecule has 2 N–H and O–H groups in total. The molecule has 1 aromatic rings. The maximum Gasteiger partial charge on any atom is 0.228 e. The number of carbonyl (C=O) groups excluding carboxylic acids is 1. The molecule has 0 spiro atoms. The van der Waals surface area contributed by atoms with Crippen LogP contribution < -0.4 is 10.2 Å². The first-order chi connectivity index (χ1) is 8.94. The molecule has 19 heavy (non-hydrogen) atoms. The number of aliphatic hydroxyl groups is 1. The van der Waals surface area contributed by atoms with Crippen LogP contribution in [0.5, 0.6) is 0 Å². The molecule has 1 atom stereocenters. The third-order valence-corrected chi connectivity index (χ3v) is 3.84. The molecule has 0 heterocycles. The highest BCUT2D eigenvalue weighted by Crippen LogP contribution is 2.51. The van der Waals surface area contributed by atoms with Gasteiger partial charge in [-0.25, -0.2) is 0 Å². The molecule has 0 unspecified atom stereocenters. The lowest BCUT2D eigenvalue weighted by atomic mass is 10.1. The summed E-state index contributed by atoms with van der Waals surface area (Å²) in [6, 6.07) is 7.69. The number of anilines is 2. The summed E-state index contributed by atoms with van der Waals surface area (Å²) in [5, 5.41) is 11.8. The van der Waals surface area contributed by atoms with Crippen molar-refractivity contribution in [2.75, 3.05) is 30.4 Å². The number of rotatable bonds is 5. The van der Waals surface area contributed by atoms with E-state index in [1.165, 1.54) is 0 Å². The second-order valence-corrected chi connectivity index (χ2v) is 5.93. The topological polar surface area (TPSA) is 52.6 Å². The van der Waals surface area contributed by atoms with Gasteiger partial charge >= 0.3 is 0 Å². The second kappa shape index (κ2) is 5.21. The SMILES string of the molecule is CN(CCO)c1ccc(NC(=O)[C@H]2CC2(C)C)cc1. The number of amides is 1. The molecule has 2 rings (SSSR count). The Morgan fingerprint density at radius 2 is 2.00 bits per heavy atom. The summed E-state index contributed by atoms with van der Waals surface area (Å²) in [4.78, 5) is 13.9. The molecular weight excluding hydrogens is 240 g/mol. The van der Waals surface area contributed by atoms with Gasteiger partial charge in [-0.1, -0.05) is 13.8 Å². The van der Waals surface area contributed by atoms with Gasteiger partial charge < -0.3 is 15.3 Å². The highest BCUT2D eigenvalue weighted by atomic mass is 16.3. The smallest absolute Gasteiger partial charge is 0.228 e. The molecule has 4 nitrogen and oxygen atoms in total. The van der Waals surface area contributed by atoms with E-state index < -0.39 is 0 Å². The molecule has 1 aliphatic rings. The Labute approximate surface area is 114 Å². The van der Waals surface area contributed by atoms with Crippen molar-refractivity contribution in [3.63, 3.8) is 0 Å². The molecular formula is C15H22N2O2. The molecule has 0 bridgehead atoms. The Bertz CT molecular complexity index is 454. The van der Waals surface area contributed by atoms with Gasteiger partial charge in [0.25, 0.3) is 0 Å². The summed E-state index contributed by atoms with van der Waals surface area (Å²) in [5.74, 6) is 0.255. The summed E-state index contributed by atoms with van der Waals surface area (Å²) >= 11 is 0. The first kappa shape index (κ1) is 13.9. The van der Waals surface area contributed by atoms with E-state index in [0.29, 0.717) is 6.54 Å². The normalized spacial score (nSPS) is 19.9. The fourth-order valence-corrected chi connectivity index (χ4v) is 2.22. The van der Waals surface area contributed by atoms with Crippen molar-refractivity contribution in [2.45, 2.75) is 20.3 Å². The third kappa shape index (κ3) is 3.26. The maximum absolute atomic E-state index is 12.0. The summed E-state index contributed by atoms with van der Waals surface area (Å²) in [6.07, 6.45) is 0.968. The molecule has 1 aliphatic carbocycles. The minimum absolute atomic E-state index is 0.112. The van der Waals surface area contributed by atoms with Crippen LogP contribution in [0.2, 0.25) is 0 Å². The average Bonchev–Trinajstić information content (AvgIpc) is 3.00. The van der Waals surface area contributed by atoms with E-state index in [0.717, 1.165) is 17.8 Å². The highest BCUT2D eigenvalue weighted by Gasteiger charge is 2.50. The zero-order valence-electron chi connectivity index (χ0n) is 11.8. The fraction of sp³-hybridized carbons (Fsp3) is 0.533. The van der Waals surface area contributed by atoms with Gasteiger partial charge in [0.05, 0.1) is 6.61 Å². The zero-order valence-corrected chi connectivity index (χ0v) is 11.8. The Kier molecular flexibility index (Phi) is 3.80. The van der Waals surface area contributed by atoms with Crippen LogP contribution in [0, 0.1) is 11.3 Å². The number of carbonyl (C=O) groups is 1. The maximum atomic E-state index is 12.0. The van der Waals surface area contributed by atoms with E-state index in [1.807, 2.05) is 36.2 Å². The van der Waals surface area contributed by atoms with Crippen LogP contribution >= 0.6 is 0 Å². The second-order valence-electron chi connectivity index (χ2n) is 5.93. The lowest BCUT2D eigenvalue weighted by Gasteiger charge is -2.18. The lowest BCUT2D eigenvalue weighted by Crippen LogP contribution is -2.21. The predicted octanol–water partition coefficient (Wildman–Crippen LogP) is 2.10. The van der Waals surface area contributed by atoms with Crippen molar-refractivity contribution in [1.29, 1.82) is 0 Å². The van der Waals surface area contributed by atoms with Gasteiger partial charge in [-0.05, 0) is 36.1 Å². The predicted molar refractivity (Wildman–Crippen MR) is 77.3 cm³/mol. The number of aliphatic hydroxyl groups excluding tert-OH is 1. The fourth-order valence-electron chi connectivity index (χ4n) is 2.22. The molecule has 104 valence electrons. The molecule has 1 amide bonds. The number of hydrogen-bond acceptors (Lipinski definition) is 3. The van der Waals surface area contributed by atoms with Crippen molar-refractivity contribution >= 4 is 17.3 Å². The van der Waals surface area contributed by atoms with Gasteiger partial charge in [-0.15, -0.1) is 0 Å². The zero-order chi connectivity index (χ0) is 14.0. The van der Waals surface area contributed by atoms with Crippen LogP contribution in [-0.2, 0) is 4.79 Å². The van der Waals surface area contributed by atoms with Crippen molar-refractivity contribution < 1.29 is 9.90 Å². The van der Waals surface area contributed by atoms with Crippen LogP contribution in [0.4, 0.5) is 11.4 Å². The van der Waals surface area contributed by atoms with Crippen molar-refractivity contribution in [3.05, 3.63) is 24.3 Å². The van der Waals surface area contributed by atoms with Gasteiger partial charge in [0.2, 0.25) is 5.91 Å². The molecule has 1 fully saturated rings. The van der Waals surface area contributed by atoms with Crippen molar-refractivity contribution in [3.8, 4) is 0 Å². The molecule has 0 aromatic heterocycles. The van der Waals surface area contributed by atoms with E-state index in [4.69, 9.17) is 5.11 Å².